The summed E-state index contributed by atoms with van der Waals surface area (Å²) in [7, 11) is 0. The van der Waals surface area contributed by atoms with Gasteiger partial charge >= 0.3 is 0 Å². The lowest BCUT2D eigenvalue weighted by Crippen LogP contribution is -2.29. The second kappa shape index (κ2) is 4.45. The van der Waals surface area contributed by atoms with Crippen LogP contribution in [0.4, 0.5) is 5.69 Å². The van der Waals surface area contributed by atoms with Crippen LogP contribution in [-0.2, 0) is 0 Å². The average molecular weight is 332 g/mol. The van der Waals surface area contributed by atoms with Gasteiger partial charge in [-0.25, -0.2) is 4.90 Å². The van der Waals surface area contributed by atoms with Crippen molar-refractivity contribution in [3.05, 3.63) is 57.6 Å². The molecule has 2 amide bonds. The van der Waals surface area contributed by atoms with Crippen molar-refractivity contribution in [1.82, 2.24) is 0 Å². The van der Waals surface area contributed by atoms with E-state index in [4.69, 9.17) is 0 Å². The maximum absolute atomic E-state index is 12.4. The van der Waals surface area contributed by atoms with E-state index in [1.54, 1.807) is 31.2 Å². The molecule has 2 aromatic carbocycles. The van der Waals surface area contributed by atoms with Gasteiger partial charge in [0.1, 0.15) is 5.75 Å². The van der Waals surface area contributed by atoms with Crippen molar-refractivity contribution in [3.8, 4) is 5.75 Å². The number of carbonyl (C=O) groups excluding carboxylic acids is 2. The minimum Gasteiger partial charge on any atom is -0.508 e. The van der Waals surface area contributed by atoms with Crippen LogP contribution in [0.2, 0.25) is 0 Å². The molecule has 0 spiro atoms. The molecule has 3 rings (SSSR count). The second-order valence-electron chi connectivity index (χ2n) is 4.61. The summed E-state index contributed by atoms with van der Waals surface area (Å²) in [6.45, 7) is 1.74. The van der Waals surface area contributed by atoms with Crippen LogP contribution < -0.4 is 4.90 Å². The van der Waals surface area contributed by atoms with Crippen LogP contribution in [0.15, 0.2) is 40.9 Å². The zero-order chi connectivity index (χ0) is 14.4. The van der Waals surface area contributed by atoms with Crippen LogP contribution in [0.5, 0.6) is 5.75 Å². The molecule has 4 nitrogen and oxygen atoms in total. The van der Waals surface area contributed by atoms with E-state index in [2.05, 4.69) is 15.9 Å². The molecule has 5 heteroatoms. The van der Waals surface area contributed by atoms with Gasteiger partial charge in [-0.2, -0.15) is 0 Å². The molecule has 0 saturated carbocycles. The number of rotatable bonds is 1. The summed E-state index contributed by atoms with van der Waals surface area (Å²) in [5.74, 6) is -0.586. The summed E-state index contributed by atoms with van der Waals surface area (Å²) >= 11 is 3.30. The van der Waals surface area contributed by atoms with Crippen molar-refractivity contribution in [2.75, 3.05) is 4.90 Å². The Morgan fingerprint density at radius 2 is 1.70 bits per heavy atom. The zero-order valence-electron chi connectivity index (χ0n) is 10.6. The van der Waals surface area contributed by atoms with Crippen molar-refractivity contribution in [3.63, 3.8) is 0 Å². The van der Waals surface area contributed by atoms with Gasteiger partial charge in [0.15, 0.2) is 0 Å². The molecule has 0 aliphatic carbocycles. The van der Waals surface area contributed by atoms with Crippen LogP contribution >= 0.6 is 15.9 Å². The predicted molar refractivity (Wildman–Crippen MR) is 78.1 cm³/mol. The van der Waals surface area contributed by atoms with E-state index in [0.717, 1.165) is 9.37 Å². The summed E-state index contributed by atoms with van der Waals surface area (Å²) in [6, 6.07) is 9.57. The van der Waals surface area contributed by atoms with Gasteiger partial charge < -0.3 is 5.11 Å². The maximum atomic E-state index is 12.4. The van der Waals surface area contributed by atoms with Gasteiger partial charge in [-0.15, -0.1) is 0 Å². The Balaban J connectivity index is 2.14. The van der Waals surface area contributed by atoms with Gasteiger partial charge in [-0.3, -0.25) is 9.59 Å². The Morgan fingerprint density at radius 1 is 1.00 bits per heavy atom. The molecule has 1 aliphatic heterocycles. The molecule has 1 aliphatic rings. The van der Waals surface area contributed by atoms with E-state index in [1.165, 1.54) is 12.1 Å². The van der Waals surface area contributed by atoms with Crippen molar-refractivity contribution in [2.45, 2.75) is 6.92 Å². The number of imide groups is 1. The summed E-state index contributed by atoms with van der Waals surface area (Å²) in [4.78, 5) is 25.9. The average Bonchev–Trinajstić information content (AvgIpc) is 2.63. The minimum absolute atomic E-state index is 0.102. The first-order valence-electron chi connectivity index (χ1n) is 5.97. The molecule has 0 saturated heterocycles. The van der Waals surface area contributed by atoms with Crippen molar-refractivity contribution in [2.24, 2.45) is 0 Å². The highest BCUT2D eigenvalue weighted by molar-refractivity contribution is 9.10. The molecule has 0 aromatic heterocycles. The number of halogens is 1. The fourth-order valence-electron chi connectivity index (χ4n) is 2.32. The number of anilines is 1. The summed E-state index contributed by atoms with van der Waals surface area (Å²) in [5.41, 5.74) is 1.94. The quantitative estimate of drug-likeness (QED) is 0.816. The minimum atomic E-state index is -0.347. The number of nitrogens with zero attached hydrogens (tertiary/aromatic N) is 1. The lowest BCUT2D eigenvalue weighted by atomic mass is 10.1. The first kappa shape index (κ1) is 12.9. The van der Waals surface area contributed by atoms with Gasteiger partial charge in [0.2, 0.25) is 0 Å². The molecular weight excluding hydrogens is 322 g/mol. The van der Waals surface area contributed by atoms with Crippen LogP contribution in [0.1, 0.15) is 26.3 Å². The van der Waals surface area contributed by atoms with Crippen LogP contribution in [0.3, 0.4) is 0 Å². The number of hydrogen-bond acceptors (Lipinski definition) is 3. The number of phenolic OH excluding ortho intramolecular Hbond substituents is 1. The Labute approximate surface area is 123 Å². The fourth-order valence-corrected chi connectivity index (χ4v) is 2.68. The molecular formula is C15H10BrNO3. The van der Waals surface area contributed by atoms with Crippen molar-refractivity contribution in [1.29, 1.82) is 0 Å². The first-order valence-corrected chi connectivity index (χ1v) is 6.76. The third-order valence-electron chi connectivity index (χ3n) is 3.27. The third-order valence-corrected chi connectivity index (χ3v) is 3.76. The largest absolute Gasteiger partial charge is 0.508 e. The number of carbonyl (C=O) groups is 2. The maximum Gasteiger partial charge on any atom is 0.266 e. The molecule has 0 fully saturated rings. The summed E-state index contributed by atoms with van der Waals surface area (Å²) < 4.78 is 0.752. The van der Waals surface area contributed by atoms with Gasteiger partial charge in [-0.1, -0.05) is 15.9 Å². The smallest absolute Gasteiger partial charge is 0.266 e. The fraction of sp³-hybridized carbons (Fsp3) is 0.0667. The highest BCUT2D eigenvalue weighted by Crippen LogP contribution is 2.33. The SMILES string of the molecule is Cc1cc(O)ccc1N1C(=O)c2ccc(Br)cc2C1=O. The van der Waals surface area contributed by atoms with E-state index in [1.807, 2.05) is 0 Å². The second-order valence-corrected chi connectivity index (χ2v) is 5.52. The molecule has 0 bridgehead atoms. The van der Waals surface area contributed by atoms with E-state index in [9.17, 15) is 14.7 Å². The standard InChI is InChI=1S/C15H10BrNO3/c1-8-6-10(18)3-5-13(8)17-14(19)11-4-2-9(16)7-12(11)15(17)20/h2-7,18H,1H3. The number of aryl methyl sites for hydroxylation is 1. The van der Waals surface area contributed by atoms with E-state index in [0.29, 0.717) is 22.4 Å². The topological polar surface area (TPSA) is 57.6 Å². The van der Waals surface area contributed by atoms with Crippen molar-refractivity contribution >= 4 is 33.4 Å². The summed E-state index contributed by atoms with van der Waals surface area (Å²) in [5, 5.41) is 9.43. The predicted octanol–water partition coefficient (Wildman–Crippen LogP) is 3.26. The number of hydrogen-bond donors (Lipinski definition) is 1. The summed E-state index contributed by atoms with van der Waals surface area (Å²) in [6.07, 6.45) is 0. The Hall–Kier alpha value is -2.14. The normalized spacial score (nSPS) is 13.8. The molecule has 2 aromatic rings. The number of aromatic hydroxyl groups is 1. The number of amides is 2. The molecule has 0 radical (unpaired) electrons. The highest BCUT2D eigenvalue weighted by atomic mass is 79.9. The van der Waals surface area contributed by atoms with E-state index < -0.39 is 0 Å². The van der Waals surface area contributed by atoms with Crippen LogP contribution in [0, 0.1) is 6.92 Å². The molecule has 20 heavy (non-hydrogen) atoms. The monoisotopic (exact) mass is 331 g/mol. The van der Waals surface area contributed by atoms with E-state index in [-0.39, 0.29) is 17.6 Å². The zero-order valence-corrected chi connectivity index (χ0v) is 12.1. The first-order chi connectivity index (χ1) is 9.49. The van der Waals surface area contributed by atoms with Gasteiger partial charge in [0, 0.05) is 4.47 Å². The van der Waals surface area contributed by atoms with Crippen LogP contribution in [-0.4, -0.2) is 16.9 Å². The van der Waals surface area contributed by atoms with Crippen molar-refractivity contribution < 1.29 is 14.7 Å². The van der Waals surface area contributed by atoms with Gasteiger partial charge in [0.25, 0.3) is 11.8 Å². The molecule has 1 N–H and O–H groups in total. The highest BCUT2D eigenvalue weighted by Gasteiger charge is 2.37. The number of fused-ring (bicyclic) bond motifs is 1. The van der Waals surface area contributed by atoms with E-state index >= 15 is 0 Å². The number of phenols is 1. The molecule has 1 heterocycles. The Morgan fingerprint density at radius 3 is 2.40 bits per heavy atom. The lowest BCUT2D eigenvalue weighted by molar-refractivity contribution is 0.0926. The Kier molecular flexibility index (Phi) is 2.87. The lowest BCUT2D eigenvalue weighted by Gasteiger charge is -2.16. The molecule has 100 valence electrons. The Bertz CT molecular complexity index is 755. The van der Waals surface area contributed by atoms with Gasteiger partial charge in [-0.05, 0) is 48.9 Å². The van der Waals surface area contributed by atoms with Crippen LogP contribution in [0.25, 0.3) is 0 Å². The molecule has 0 atom stereocenters. The molecule has 0 unspecified atom stereocenters. The van der Waals surface area contributed by atoms with Gasteiger partial charge in [0.05, 0.1) is 16.8 Å². The number of benzene rings is 2. The third kappa shape index (κ3) is 1.82.